The first-order valence-electron chi connectivity index (χ1n) is 7.44. The summed E-state index contributed by atoms with van der Waals surface area (Å²) in [4.78, 5) is 25.4. The van der Waals surface area contributed by atoms with E-state index in [1.807, 2.05) is 31.2 Å². The zero-order chi connectivity index (χ0) is 16.5. The van der Waals surface area contributed by atoms with Gasteiger partial charge in [-0.05, 0) is 42.8 Å². The topological polar surface area (TPSA) is 73.0 Å². The molecule has 0 fully saturated rings. The predicted octanol–water partition coefficient (Wildman–Crippen LogP) is 2.73. The van der Waals surface area contributed by atoms with E-state index in [0.29, 0.717) is 16.9 Å². The normalized spacial score (nSPS) is 10.9. The molecule has 0 radical (unpaired) electrons. The van der Waals surface area contributed by atoms with Crippen LogP contribution in [-0.2, 0) is 0 Å². The number of carbonyl (C=O) groups excluding carboxylic acids is 1. The third kappa shape index (κ3) is 2.34. The zero-order valence-electron chi connectivity index (χ0n) is 12.9. The van der Waals surface area contributed by atoms with E-state index >= 15 is 0 Å². The third-order valence-electron chi connectivity index (χ3n) is 3.75. The maximum Gasteiger partial charge on any atom is 0.216 e. The van der Waals surface area contributed by atoms with Crippen molar-refractivity contribution in [2.24, 2.45) is 0 Å². The van der Waals surface area contributed by atoms with Gasteiger partial charge in [-0.3, -0.25) is 14.8 Å². The number of nitrogens with zero attached hydrogens (tertiary/aromatic N) is 5. The second-order valence-electron chi connectivity index (χ2n) is 5.41. The Labute approximate surface area is 137 Å². The molecule has 6 heteroatoms. The molecule has 0 atom stereocenters. The molecule has 4 heterocycles. The molecular weight excluding hydrogens is 302 g/mol. The highest BCUT2D eigenvalue weighted by atomic mass is 16.1. The molecule has 4 aromatic heterocycles. The van der Waals surface area contributed by atoms with Gasteiger partial charge in [0.2, 0.25) is 5.78 Å². The molecule has 4 rings (SSSR count). The summed E-state index contributed by atoms with van der Waals surface area (Å²) in [5.74, 6) is -0.190. The Morgan fingerprint density at radius 1 is 1.04 bits per heavy atom. The monoisotopic (exact) mass is 315 g/mol. The molecule has 4 aromatic rings. The van der Waals surface area contributed by atoms with E-state index in [1.165, 1.54) is 6.20 Å². The minimum Gasteiger partial charge on any atom is -0.287 e. The van der Waals surface area contributed by atoms with Crippen molar-refractivity contribution in [1.29, 1.82) is 0 Å². The lowest BCUT2D eigenvalue weighted by Gasteiger charge is -2.04. The second-order valence-corrected chi connectivity index (χ2v) is 5.41. The van der Waals surface area contributed by atoms with Crippen LogP contribution in [0, 0.1) is 6.92 Å². The van der Waals surface area contributed by atoms with Crippen LogP contribution < -0.4 is 0 Å². The van der Waals surface area contributed by atoms with Gasteiger partial charge in [0.25, 0.3) is 0 Å². The third-order valence-corrected chi connectivity index (χ3v) is 3.75. The van der Waals surface area contributed by atoms with Gasteiger partial charge < -0.3 is 0 Å². The van der Waals surface area contributed by atoms with Crippen molar-refractivity contribution >= 4 is 11.4 Å². The summed E-state index contributed by atoms with van der Waals surface area (Å²) in [5, 5.41) is 4.34. The first-order valence-corrected chi connectivity index (χ1v) is 7.44. The summed E-state index contributed by atoms with van der Waals surface area (Å²) in [7, 11) is 0. The lowest BCUT2D eigenvalue weighted by molar-refractivity contribution is 0.103. The average Bonchev–Trinajstić information content (AvgIpc) is 3.06. The second kappa shape index (κ2) is 5.66. The molecule has 0 bridgehead atoms. The van der Waals surface area contributed by atoms with Crippen molar-refractivity contribution in [2.45, 2.75) is 6.92 Å². The van der Waals surface area contributed by atoms with Gasteiger partial charge in [0.1, 0.15) is 5.69 Å². The summed E-state index contributed by atoms with van der Waals surface area (Å²) < 4.78 is 1.65. The van der Waals surface area contributed by atoms with Crippen molar-refractivity contribution in [2.75, 3.05) is 0 Å². The Bertz CT molecular complexity index is 1040. The van der Waals surface area contributed by atoms with E-state index in [2.05, 4.69) is 20.1 Å². The number of carbonyl (C=O) groups is 1. The number of rotatable bonds is 3. The number of hydrogen-bond donors (Lipinski definition) is 0. The fourth-order valence-electron chi connectivity index (χ4n) is 2.58. The number of ketones is 1. The molecule has 116 valence electrons. The van der Waals surface area contributed by atoms with Gasteiger partial charge in [-0.25, -0.2) is 9.50 Å². The largest absolute Gasteiger partial charge is 0.287 e. The molecule has 24 heavy (non-hydrogen) atoms. The van der Waals surface area contributed by atoms with Gasteiger partial charge in [0.05, 0.1) is 17.5 Å². The molecule has 0 aromatic carbocycles. The van der Waals surface area contributed by atoms with E-state index in [4.69, 9.17) is 0 Å². The predicted molar refractivity (Wildman–Crippen MR) is 88.6 cm³/mol. The molecular formula is C18H13N5O. The summed E-state index contributed by atoms with van der Waals surface area (Å²) in [6.45, 7) is 1.92. The Balaban J connectivity index is 1.86. The Hall–Kier alpha value is -3.41. The van der Waals surface area contributed by atoms with Crippen LogP contribution in [0.2, 0.25) is 0 Å². The first-order chi connectivity index (χ1) is 11.7. The van der Waals surface area contributed by atoms with E-state index in [-0.39, 0.29) is 5.78 Å². The fraction of sp³-hybridized carbons (Fsp3) is 0.0556. The van der Waals surface area contributed by atoms with Gasteiger partial charge >= 0.3 is 0 Å². The number of aryl methyl sites for hydroxylation is 1. The van der Waals surface area contributed by atoms with Crippen LogP contribution in [0.3, 0.4) is 0 Å². The van der Waals surface area contributed by atoms with E-state index < -0.39 is 0 Å². The van der Waals surface area contributed by atoms with Gasteiger partial charge in [-0.15, -0.1) is 0 Å². The highest BCUT2D eigenvalue weighted by Crippen LogP contribution is 2.21. The highest BCUT2D eigenvalue weighted by Gasteiger charge is 2.18. The lowest BCUT2D eigenvalue weighted by Crippen LogP contribution is -2.05. The number of pyridine rings is 2. The molecule has 0 aliphatic heterocycles. The Morgan fingerprint density at radius 2 is 1.92 bits per heavy atom. The summed E-state index contributed by atoms with van der Waals surface area (Å²) in [6, 6.07) is 9.25. The van der Waals surface area contributed by atoms with Crippen LogP contribution in [0.1, 0.15) is 21.6 Å². The number of fused-ring (bicyclic) bond motifs is 1. The minimum absolute atomic E-state index is 0.190. The summed E-state index contributed by atoms with van der Waals surface area (Å²) in [5.41, 5.74) is 4.03. The molecule has 6 nitrogen and oxygen atoms in total. The van der Waals surface area contributed by atoms with E-state index in [9.17, 15) is 4.79 Å². The Kier molecular flexibility index (Phi) is 3.35. The Morgan fingerprint density at radius 3 is 2.71 bits per heavy atom. The van der Waals surface area contributed by atoms with Crippen molar-refractivity contribution in [1.82, 2.24) is 24.6 Å². The van der Waals surface area contributed by atoms with Crippen LogP contribution in [0.5, 0.6) is 0 Å². The number of hydrogen-bond acceptors (Lipinski definition) is 5. The van der Waals surface area contributed by atoms with Gasteiger partial charge in [0.15, 0.2) is 5.65 Å². The van der Waals surface area contributed by atoms with Crippen LogP contribution in [0.4, 0.5) is 0 Å². The molecule has 0 spiro atoms. The van der Waals surface area contributed by atoms with Crippen molar-refractivity contribution < 1.29 is 4.79 Å². The standard InChI is InChI=1S/C18H13N5O/c1-12-4-7-20-15(9-12)17(24)14-11-22-23-16(5-8-21-18(14)23)13-3-2-6-19-10-13/h2-11H,1H3. The summed E-state index contributed by atoms with van der Waals surface area (Å²) >= 11 is 0. The van der Waals surface area contributed by atoms with Crippen LogP contribution in [-0.4, -0.2) is 30.3 Å². The van der Waals surface area contributed by atoms with Crippen molar-refractivity contribution in [3.8, 4) is 11.3 Å². The maximum atomic E-state index is 12.8. The van der Waals surface area contributed by atoms with Crippen molar-refractivity contribution in [3.63, 3.8) is 0 Å². The molecule has 0 aliphatic rings. The number of aromatic nitrogens is 5. The van der Waals surface area contributed by atoms with Crippen LogP contribution >= 0.6 is 0 Å². The molecule has 0 saturated heterocycles. The van der Waals surface area contributed by atoms with E-state index in [0.717, 1.165) is 16.8 Å². The quantitative estimate of drug-likeness (QED) is 0.544. The fourth-order valence-corrected chi connectivity index (χ4v) is 2.58. The van der Waals surface area contributed by atoms with Gasteiger partial charge in [-0.1, -0.05) is 0 Å². The molecule has 0 unspecified atom stereocenters. The molecule has 0 aliphatic carbocycles. The lowest BCUT2D eigenvalue weighted by atomic mass is 10.1. The van der Waals surface area contributed by atoms with Crippen LogP contribution in [0.25, 0.3) is 16.9 Å². The zero-order valence-corrected chi connectivity index (χ0v) is 12.9. The molecule has 0 N–H and O–H groups in total. The minimum atomic E-state index is -0.190. The van der Waals surface area contributed by atoms with Gasteiger partial charge in [-0.2, -0.15) is 5.10 Å². The molecule has 0 amide bonds. The van der Waals surface area contributed by atoms with Gasteiger partial charge in [0, 0.05) is 30.4 Å². The van der Waals surface area contributed by atoms with E-state index in [1.54, 1.807) is 35.4 Å². The maximum absolute atomic E-state index is 12.8. The van der Waals surface area contributed by atoms with Crippen molar-refractivity contribution in [3.05, 3.63) is 78.1 Å². The average molecular weight is 315 g/mol. The summed E-state index contributed by atoms with van der Waals surface area (Å²) in [6.07, 6.45) is 8.29. The highest BCUT2D eigenvalue weighted by molar-refractivity contribution is 6.11. The smallest absolute Gasteiger partial charge is 0.216 e. The SMILES string of the molecule is Cc1ccnc(C(=O)c2cnn3c(-c4cccnc4)ccnc23)c1. The molecule has 0 saturated carbocycles. The van der Waals surface area contributed by atoms with Crippen LogP contribution in [0.15, 0.2) is 61.3 Å². The first kappa shape index (κ1) is 14.2.